The molecule has 5 rings (SSSR count). The fraction of sp³-hybridized carbons (Fsp3) is 0.136. The molecule has 4 aromatic rings. The zero-order valence-electron chi connectivity index (χ0n) is 15.7. The van der Waals surface area contributed by atoms with E-state index in [-0.39, 0.29) is 46.5 Å². The number of halogens is 2. The predicted molar refractivity (Wildman–Crippen MR) is 103 cm³/mol. The van der Waals surface area contributed by atoms with Crippen LogP contribution in [0.1, 0.15) is 20.3 Å². The first-order valence-corrected chi connectivity index (χ1v) is 8.43. The van der Waals surface area contributed by atoms with Gasteiger partial charge in [0.2, 0.25) is 0 Å². The summed E-state index contributed by atoms with van der Waals surface area (Å²) in [6.07, 6.45) is 6.41. The standard InChI is InChI=1S/C15H10N3.C7H9.2ClH.Ti/c1-2-6-12-10-13(9-11(12)5-1)18-15-8-4-3-7-14(15)16-17-18;1-6-4-3-5-7(6)2;;;/h1-10H;4H,3H2,1-2H3;2*1H;/q2*-1;;;+4/p-2. The summed E-state index contributed by atoms with van der Waals surface area (Å²) in [6.45, 7) is 4.22. The minimum absolute atomic E-state index is 0. The number of benzene rings is 2. The molecule has 0 amide bonds. The van der Waals surface area contributed by atoms with Crippen molar-refractivity contribution < 1.29 is 46.5 Å². The molecule has 1 aromatic heterocycles. The molecular formula is C22H19Cl2N3Ti. The molecule has 3 nitrogen and oxygen atoms in total. The summed E-state index contributed by atoms with van der Waals surface area (Å²) < 4.78 is 1.88. The zero-order valence-corrected chi connectivity index (χ0v) is 18.7. The number of aromatic nitrogens is 3. The van der Waals surface area contributed by atoms with Gasteiger partial charge in [-0.3, -0.25) is 6.08 Å². The van der Waals surface area contributed by atoms with Gasteiger partial charge in [-0.25, -0.2) is 15.8 Å². The van der Waals surface area contributed by atoms with Crippen LogP contribution in [-0.4, -0.2) is 15.0 Å². The SMILES string of the molecule is CC1=[C-]CC=C1C.[Cl-].[Cl-].[Ti+4].c1ccc2[cH-]c(-n3nnc4ccccc43)cc2c1. The van der Waals surface area contributed by atoms with E-state index in [0.29, 0.717) is 0 Å². The van der Waals surface area contributed by atoms with Crippen LogP contribution in [0.4, 0.5) is 0 Å². The van der Waals surface area contributed by atoms with Crippen LogP contribution in [0.3, 0.4) is 0 Å². The van der Waals surface area contributed by atoms with E-state index in [1.54, 1.807) is 0 Å². The molecule has 0 atom stereocenters. The van der Waals surface area contributed by atoms with Gasteiger partial charge in [0.15, 0.2) is 0 Å². The Balaban J connectivity index is 0.000000341. The third kappa shape index (κ3) is 4.98. The Morgan fingerprint density at radius 1 is 1.00 bits per heavy atom. The van der Waals surface area contributed by atoms with Gasteiger partial charge >= 0.3 is 21.7 Å². The fourth-order valence-corrected chi connectivity index (χ4v) is 2.97. The van der Waals surface area contributed by atoms with Crippen LogP contribution in [0.25, 0.3) is 27.5 Å². The van der Waals surface area contributed by atoms with Crippen LogP contribution in [0.5, 0.6) is 0 Å². The van der Waals surface area contributed by atoms with Crippen molar-refractivity contribution >= 4 is 21.8 Å². The Bertz CT molecular complexity index is 1060. The van der Waals surface area contributed by atoms with Gasteiger partial charge in [-0.1, -0.05) is 30.3 Å². The predicted octanol–water partition coefficient (Wildman–Crippen LogP) is -0.616. The molecule has 0 saturated carbocycles. The number of allylic oxidation sites excluding steroid dienone is 4. The van der Waals surface area contributed by atoms with Gasteiger partial charge in [0.25, 0.3) is 0 Å². The van der Waals surface area contributed by atoms with Crippen LogP contribution in [0, 0.1) is 6.08 Å². The van der Waals surface area contributed by atoms with Crippen LogP contribution in [-0.2, 0) is 21.7 Å². The third-order valence-corrected chi connectivity index (χ3v) is 4.57. The molecule has 3 aromatic carbocycles. The van der Waals surface area contributed by atoms with Gasteiger partial charge in [0, 0.05) is 0 Å². The Morgan fingerprint density at radius 3 is 2.36 bits per heavy atom. The molecule has 0 spiro atoms. The third-order valence-electron chi connectivity index (χ3n) is 4.57. The van der Waals surface area contributed by atoms with Crippen LogP contribution in [0.2, 0.25) is 0 Å². The molecule has 28 heavy (non-hydrogen) atoms. The number of para-hydroxylation sites is 1. The molecule has 1 aliphatic carbocycles. The Morgan fingerprint density at radius 2 is 1.71 bits per heavy atom. The van der Waals surface area contributed by atoms with Crippen molar-refractivity contribution in [1.29, 1.82) is 0 Å². The normalized spacial score (nSPS) is 12.1. The minimum Gasteiger partial charge on any atom is -1.00 e. The summed E-state index contributed by atoms with van der Waals surface area (Å²) in [4.78, 5) is 0. The molecule has 140 valence electrons. The molecule has 0 saturated heterocycles. The van der Waals surface area contributed by atoms with Crippen molar-refractivity contribution in [2.45, 2.75) is 20.3 Å². The molecule has 0 N–H and O–H groups in total. The molecule has 0 aliphatic heterocycles. The largest absolute Gasteiger partial charge is 4.00 e. The van der Waals surface area contributed by atoms with Crippen molar-refractivity contribution in [3.8, 4) is 5.69 Å². The summed E-state index contributed by atoms with van der Waals surface area (Å²) in [6, 6.07) is 20.6. The Hall–Kier alpha value is -1.78. The van der Waals surface area contributed by atoms with E-state index in [0.717, 1.165) is 23.1 Å². The molecule has 1 heterocycles. The molecular weight excluding hydrogens is 425 g/mol. The monoisotopic (exact) mass is 443 g/mol. The second-order valence-corrected chi connectivity index (χ2v) is 6.23. The van der Waals surface area contributed by atoms with E-state index >= 15 is 0 Å². The van der Waals surface area contributed by atoms with E-state index in [4.69, 9.17) is 0 Å². The molecule has 0 radical (unpaired) electrons. The Labute approximate surface area is 192 Å². The maximum Gasteiger partial charge on any atom is 4.00 e. The van der Waals surface area contributed by atoms with E-state index in [1.165, 1.54) is 21.9 Å². The van der Waals surface area contributed by atoms with Crippen LogP contribution < -0.4 is 24.8 Å². The summed E-state index contributed by atoms with van der Waals surface area (Å²) >= 11 is 0. The first kappa shape index (κ1) is 24.3. The maximum atomic E-state index is 4.23. The summed E-state index contributed by atoms with van der Waals surface area (Å²) in [5.41, 5.74) is 5.72. The molecule has 0 bridgehead atoms. The van der Waals surface area contributed by atoms with Crippen LogP contribution in [0.15, 0.2) is 77.9 Å². The first-order valence-electron chi connectivity index (χ1n) is 8.43. The second-order valence-electron chi connectivity index (χ2n) is 6.23. The van der Waals surface area contributed by atoms with Crippen molar-refractivity contribution in [3.63, 3.8) is 0 Å². The summed E-state index contributed by atoms with van der Waals surface area (Å²) in [5, 5.41) is 10.9. The molecule has 0 fully saturated rings. The maximum absolute atomic E-state index is 4.23. The van der Waals surface area contributed by atoms with E-state index < -0.39 is 0 Å². The number of nitrogens with zero attached hydrogens (tertiary/aromatic N) is 3. The number of hydrogen-bond donors (Lipinski definition) is 0. The van der Waals surface area contributed by atoms with Crippen molar-refractivity contribution in [2.75, 3.05) is 0 Å². The smallest absolute Gasteiger partial charge is 1.00 e. The Kier molecular flexibility index (Phi) is 9.26. The van der Waals surface area contributed by atoms with Gasteiger partial charge in [-0.05, 0) is 17.8 Å². The number of fused-ring (bicyclic) bond motifs is 2. The van der Waals surface area contributed by atoms with E-state index in [9.17, 15) is 0 Å². The van der Waals surface area contributed by atoms with Gasteiger partial charge < -0.3 is 24.8 Å². The second kappa shape index (κ2) is 10.7. The van der Waals surface area contributed by atoms with Crippen molar-refractivity contribution in [1.82, 2.24) is 15.0 Å². The average molecular weight is 444 g/mol. The number of rotatable bonds is 1. The zero-order chi connectivity index (χ0) is 17.2. The average Bonchev–Trinajstić information content (AvgIpc) is 3.34. The van der Waals surface area contributed by atoms with E-state index in [1.807, 2.05) is 41.1 Å². The molecule has 0 unspecified atom stereocenters. The molecule has 6 heteroatoms. The quantitative estimate of drug-likeness (QED) is 0.290. The molecule has 1 aliphatic rings. The van der Waals surface area contributed by atoms with Crippen molar-refractivity contribution in [2.24, 2.45) is 0 Å². The van der Waals surface area contributed by atoms with Gasteiger partial charge in [0.05, 0.1) is 5.52 Å². The fourth-order valence-electron chi connectivity index (χ4n) is 2.97. The first-order chi connectivity index (χ1) is 12.2. The van der Waals surface area contributed by atoms with E-state index in [2.05, 4.69) is 60.6 Å². The summed E-state index contributed by atoms with van der Waals surface area (Å²) in [5.74, 6) is 0. The van der Waals surface area contributed by atoms with Crippen molar-refractivity contribution in [3.05, 3.63) is 84.0 Å². The van der Waals surface area contributed by atoms with Crippen LogP contribution >= 0.6 is 0 Å². The number of hydrogen-bond acceptors (Lipinski definition) is 2. The van der Waals surface area contributed by atoms with Gasteiger partial charge in [-0.2, -0.15) is 6.08 Å². The van der Waals surface area contributed by atoms with Gasteiger partial charge in [0.1, 0.15) is 5.52 Å². The van der Waals surface area contributed by atoms with Gasteiger partial charge in [-0.15, -0.1) is 59.5 Å². The topological polar surface area (TPSA) is 30.7 Å². The summed E-state index contributed by atoms with van der Waals surface area (Å²) in [7, 11) is 0. The minimum atomic E-state index is 0.